The largest absolute Gasteiger partial charge is 0.481 e. The monoisotopic (exact) mass is 336 g/mol. The third-order valence-electron chi connectivity index (χ3n) is 4.05. The van der Waals surface area contributed by atoms with Crippen LogP contribution in [-0.4, -0.2) is 22.6 Å². The topological polar surface area (TPSA) is 53.4 Å². The van der Waals surface area contributed by atoms with Crippen LogP contribution in [0.25, 0.3) is 0 Å². The summed E-state index contributed by atoms with van der Waals surface area (Å²) in [7, 11) is 0. The molecule has 1 aromatic carbocycles. The smallest absolute Gasteiger partial charge is 0.416 e. The molecule has 4 nitrogen and oxygen atoms in total. The summed E-state index contributed by atoms with van der Waals surface area (Å²) in [5, 5.41) is 9.03. The van der Waals surface area contributed by atoms with Crippen molar-refractivity contribution < 1.29 is 23.1 Å². The Kier molecular flexibility index (Phi) is 4.17. The molecular weight excluding hydrogens is 321 g/mol. The minimum absolute atomic E-state index is 0.00680. The number of aromatic nitrogens is 1. The van der Waals surface area contributed by atoms with E-state index in [1.165, 1.54) is 12.1 Å². The Hall–Kier alpha value is -2.57. The summed E-state index contributed by atoms with van der Waals surface area (Å²) in [6, 6.07) is 8.48. The highest BCUT2D eigenvalue weighted by Crippen LogP contribution is 2.37. The lowest BCUT2D eigenvalue weighted by Crippen LogP contribution is -2.33. The number of hydrogen-bond acceptors (Lipinski definition) is 3. The molecule has 1 aliphatic heterocycles. The van der Waals surface area contributed by atoms with E-state index in [-0.39, 0.29) is 12.3 Å². The number of carbonyl (C=O) groups is 1. The molecule has 0 spiro atoms. The first-order valence-corrected chi connectivity index (χ1v) is 7.45. The van der Waals surface area contributed by atoms with Crippen molar-refractivity contribution in [1.82, 2.24) is 4.98 Å². The molecule has 0 saturated heterocycles. The molecule has 0 aliphatic carbocycles. The van der Waals surface area contributed by atoms with Gasteiger partial charge in [0.25, 0.3) is 0 Å². The van der Waals surface area contributed by atoms with Crippen molar-refractivity contribution in [3.8, 4) is 0 Å². The fourth-order valence-corrected chi connectivity index (χ4v) is 2.99. The summed E-state index contributed by atoms with van der Waals surface area (Å²) >= 11 is 0. The van der Waals surface area contributed by atoms with Crippen molar-refractivity contribution in [1.29, 1.82) is 0 Å². The van der Waals surface area contributed by atoms with Gasteiger partial charge in [0.05, 0.1) is 23.4 Å². The number of anilines is 2. The van der Waals surface area contributed by atoms with Gasteiger partial charge in [0.2, 0.25) is 0 Å². The molecule has 0 amide bonds. The van der Waals surface area contributed by atoms with Crippen LogP contribution in [0.1, 0.15) is 17.7 Å². The van der Waals surface area contributed by atoms with Crippen LogP contribution in [-0.2, 0) is 17.4 Å². The average molecular weight is 336 g/mol. The maximum atomic E-state index is 12.7. The summed E-state index contributed by atoms with van der Waals surface area (Å²) in [6.07, 6.45) is -2.22. The summed E-state index contributed by atoms with van der Waals surface area (Å²) in [5.41, 5.74) is 1.44. The molecule has 1 N–H and O–H groups in total. The van der Waals surface area contributed by atoms with E-state index in [4.69, 9.17) is 5.11 Å². The van der Waals surface area contributed by atoms with Gasteiger partial charge >= 0.3 is 12.1 Å². The summed E-state index contributed by atoms with van der Waals surface area (Å²) in [4.78, 5) is 17.1. The zero-order valence-corrected chi connectivity index (χ0v) is 12.6. The number of benzene rings is 1. The molecular formula is C17H15F3N2O2. The number of aliphatic carboxylic acids is 1. The Bertz CT molecular complexity index is 744. The maximum absolute atomic E-state index is 12.7. The summed E-state index contributed by atoms with van der Waals surface area (Å²) < 4.78 is 38.2. The second kappa shape index (κ2) is 6.14. The zero-order valence-electron chi connectivity index (χ0n) is 12.6. The molecule has 7 heteroatoms. The van der Waals surface area contributed by atoms with Crippen LogP contribution >= 0.6 is 0 Å². The SMILES string of the molecule is O=C(O)CC1Cc2ncccc2N(c2ccc(C(F)(F)F)cc2)C1. The van der Waals surface area contributed by atoms with Crippen LogP contribution in [0.3, 0.4) is 0 Å². The third kappa shape index (κ3) is 3.34. The molecule has 1 aliphatic rings. The second-order valence-corrected chi connectivity index (χ2v) is 5.79. The molecule has 1 unspecified atom stereocenters. The lowest BCUT2D eigenvalue weighted by atomic mass is 9.92. The second-order valence-electron chi connectivity index (χ2n) is 5.79. The van der Waals surface area contributed by atoms with Crippen molar-refractivity contribution in [2.24, 2.45) is 5.92 Å². The Labute approximate surface area is 136 Å². The van der Waals surface area contributed by atoms with Crippen molar-refractivity contribution in [2.45, 2.75) is 19.0 Å². The number of pyridine rings is 1. The van der Waals surface area contributed by atoms with Crippen LogP contribution in [0, 0.1) is 5.92 Å². The quantitative estimate of drug-likeness (QED) is 0.924. The van der Waals surface area contributed by atoms with Crippen LogP contribution in [0.2, 0.25) is 0 Å². The molecule has 24 heavy (non-hydrogen) atoms. The Morgan fingerprint density at radius 2 is 1.96 bits per heavy atom. The van der Waals surface area contributed by atoms with Gasteiger partial charge in [-0.25, -0.2) is 0 Å². The first-order valence-electron chi connectivity index (χ1n) is 7.45. The maximum Gasteiger partial charge on any atom is 0.416 e. The van der Waals surface area contributed by atoms with Gasteiger partial charge in [-0.3, -0.25) is 9.78 Å². The van der Waals surface area contributed by atoms with Gasteiger partial charge < -0.3 is 10.0 Å². The van der Waals surface area contributed by atoms with E-state index < -0.39 is 17.7 Å². The number of carboxylic acids is 1. The van der Waals surface area contributed by atoms with Gasteiger partial charge in [0, 0.05) is 18.4 Å². The van der Waals surface area contributed by atoms with Crippen molar-refractivity contribution in [3.05, 3.63) is 53.9 Å². The van der Waals surface area contributed by atoms with E-state index in [9.17, 15) is 18.0 Å². The molecule has 1 aromatic heterocycles. The van der Waals surface area contributed by atoms with Crippen LogP contribution < -0.4 is 4.90 Å². The highest BCUT2D eigenvalue weighted by Gasteiger charge is 2.31. The molecule has 0 saturated carbocycles. The number of halogens is 3. The van der Waals surface area contributed by atoms with E-state index in [2.05, 4.69) is 4.98 Å². The minimum atomic E-state index is -4.38. The summed E-state index contributed by atoms with van der Waals surface area (Å²) in [6.45, 7) is 0.427. The first kappa shape index (κ1) is 16.3. The first-order chi connectivity index (χ1) is 11.3. The lowest BCUT2D eigenvalue weighted by Gasteiger charge is -2.35. The molecule has 0 radical (unpaired) electrons. The van der Waals surface area contributed by atoms with Crippen LogP contribution in [0.15, 0.2) is 42.6 Å². The molecule has 0 fully saturated rings. The highest BCUT2D eigenvalue weighted by atomic mass is 19.4. The van der Waals surface area contributed by atoms with Gasteiger partial charge in [-0.2, -0.15) is 13.2 Å². The Balaban J connectivity index is 1.94. The van der Waals surface area contributed by atoms with Crippen LogP contribution in [0.4, 0.5) is 24.5 Å². The normalized spacial score (nSPS) is 17.5. The molecule has 126 valence electrons. The van der Waals surface area contributed by atoms with E-state index >= 15 is 0 Å². The molecule has 3 rings (SSSR count). The Morgan fingerprint density at radius 1 is 1.25 bits per heavy atom. The number of fused-ring (bicyclic) bond motifs is 1. The number of nitrogens with zero attached hydrogens (tertiary/aromatic N) is 2. The number of hydrogen-bond donors (Lipinski definition) is 1. The molecule has 2 aromatic rings. The van der Waals surface area contributed by atoms with E-state index in [1.54, 1.807) is 12.3 Å². The molecule has 0 bridgehead atoms. The predicted octanol–water partition coefficient (Wildman–Crippen LogP) is 3.89. The van der Waals surface area contributed by atoms with Gasteiger partial charge in [0.1, 0.15) is 0 Å². The van der Waals surface area contributed by atoms with Crippen molar-refractivity contribution in [2.75, 3.05) is 11.4 Å². The van der Waals surface area contributed by atoms with E-state index in [0.29, 0.717) is 18.7 Å². The highest BCUT2D eigenvalue weighted by molar-refractivity contribution is 5.70. The zero-order chi connectivity index (χ0) is 17.3. The fraction of sp³-hybridized carbons (Fsp3) is 0.294. The lowest BCUT2D eigenvalue weighted by molar-refractivity contribution is -0.138. The predicted molar refractivity (Wildman–Crippen MR) is 82.1 cm³/mol. The average Bonchev–Trinajstić information content (AvgIpc) is 2.53. The third-order valence-corrected chi connectivity index (χ3v) is 4.05. The number of rotatable bonds is 3. The minimum Gasteiger partial charge on any atom is -0.481 e. The fourth-order valence-electron chi connectivity index (χ4n) is 2.99. The Morgan fingerprint density at radius 3 is 2.58 bits per heavy atom. The number of carboxylic acid groups (broad SMARTS) is 1. The van der Waals surface area contributed by atoms with Gasteiger partial charge in [-0.15, -0.1) is 0 Å². The van der Waals surface area contributed by atoms with Crippen molar-refractivity contribution in [3.63, 3.8) is 0 Å². The van der Waals surface area contributed by atoms with Crippen LogP contribution in [0.5, 0.6) is 0 Å². The molecule has 1 atom stereocenters. The van der Waals surface area contributed by atoms with E-state index in [0.717, 1.165) is 23.5 Å². The van der Waals surface area contributed by atoms with Crippen molar-refractivity contribution >= 4 is 17.3 Å². The molecule has 2 heterocycles. The number of alkyl halides is 3. The van der Waals surface area contributed by atoms with Gasteiger partial charge in [-0.05, 0) is 48.7 Å². The summed E-state index contributed by atoms with van der Waals surface area (Å²) in [5.74, 6) is -1.04. The van der Waals surface area contributed by atoms with Gasteiger partial charge in [0.15, 0.2) is 0 Å². The standard InChI is InChI=1S/C17H15F3N2O2/c18-17(19,20)12-3-5-13(6-4-12)22-10-11(9-16(23)24)8-14-15(22)2-1-7-21-14/h1-7,11H,8-10H2,(H,23,24). The van der Waals surface area contributed by atoms with E-state index in [1.807, 2.05) is 11.0 Å². The van der Waals surface area contributed by atoms with Gasteiger partial charge in [-0.1, -0.05) is 0 Å².